The van der Waals surface area contributed by atoms with Gasteiger partial charge in [-0.2, -0.15) is 0 Å². The van der Waals surface area contributed by atoms with E-state index in [9.17, 15) is 4.79 Å². The van der Waals surface area contributed by atoms with Gasteiger partial charge >= 0.3 is 0 Å². The molecule has 1 amide bonds. The van der Waals surface area contributed by atoms with Crippen molar-refractivity contribution in [2.45, 2.75) is 39.2 Å². The summed E-state index contributed by atoms with van der Waals surface area (Å²) in [6, 6.07) is 4.64. The molecule has 4 heterocycles. The molecule has 0 atom stereocenters. The first-order valence-corrected chi connectivity index (χ1v) is 17.9. The van der Waals surface area contributed by atoms with Gasteiger partial charge in [0.1, 0.15) is 11.4 Å². The largest absolute Gasteiger partial charge is 0.501 e. The molecule has 0 bridgehead atoms. The molecule has 1 saturated carbocycles. The fourth-order valence-corrected chi connectivity index (χ4v) is 6.81. The van der Waals surface area contributed by atoms with Gasteiger partial charge in [-0.15, -0.1) is 0 Å². The molecule has 1 saturated heterocycles. The topological polar surface area (TPSA) is 93.5 Å². The number of carbonyl (C=O) groups is 1. The van der Waals surface area contributed by atoms with E-state index in [2.05, 4.69) is 33.3 Å². The van der Waals surface area contributed by atoms with Gasteiger partial charge in [0.15, 0.2) is 0 Å². The molecule has 1 aliphatic carbocycles. The number of hydrogen-bond acceptors (Lipinski definition) is 8. The number of hydrogen-bond donors (Lipinski definition) is 1. The molecule has 2 fully saturated rings. The number of amides is 1. The lowest BCUT2D eigenvalue weighted by atomic mass is 10.0. The van der Waals surface area contributed by atoms with Gasteiger partial charge in [-0.25, -0.2) is 4.98 Å². The second-order valence-corrected chi connectivity index (χ2v) is 12.9. The van der Waals surface area contributed by atoms with E-state index >= 15 is 0 Å². The number of allylic oxidation sites excluding steroid dienone is 6. The molecule has 12 heteroatoms. The van der Waals surface area contributed by atoms with Gasteiger partial charge in [0.05, 0.1) is 53.7 Å². The van der Waals surface area contributed by atoms with Crippen molar-refractivity contribution < 1.29 is 19.0 Å². The summed E-state index contributed by atoms with van der Waals surface area (Å²) in [6.45, 7) is 15.9. The molecule has 10 nitrogen and oxygen atoms in total. The van der Waals surface area contributed by atoms with Gasteiger partial charge in [0, 0.05) is 91.6 Å². The van der Waals surface area contributed by atoms with E-state index in [1.165, 1.54) is 24.5 Å². The highest BCUT2D eigenvalue weighted by atomic mass is 35.5. The first-order valence-electron chi connectivity index (χ1n) is 17.1. The fraction of sp³-hybridized carbons (Fsp3) is 0.359. The van der Waals surface area contributed by atoms with Crippen molar-refractivity contribution in [3.05, 3.63) is 113 Å². The minimum Gasteiger partial charge on any atom is -0.501 e. The normalized spacial score (nSPS) is 17.5. The zero-order valence-corrected chi connectivity index (χ0v) is 31.3. The van der Waals surface area contributed by atoms with E-state index in [0.717, 1.165) is 54.8 Å². The quantitative estimate of drug-likeness (QED) is 0.0982. The van der Waals surface area contributed by atoms with Crippen LogP contribution in [0.4, 0.5) is 0 Å². The number of nitrogens with zero attached hydrogens (tertiary/aromatic N) is 5. The van der Waals surface area contributed by atoms with Crippen molar-refractivity contribution in [3.8, 4) is 0 Å². The van der Waals surface area contributed by atoms with Crippen molar-refractivity contribution in [3.63, 3.8) is 0 Å². The van der Waals surface area contributed by atoms with Crippen molar-refractivity contribution in [2.24, 2.45) is 0 Å². The maximum atomic E-state index is 12.8. The molecule has 0 aromatic carbocycles. The van der Waals surface area contributed by atoms with Gasteiger partial charge < -0.3 is 24.4 Å². The number of ether oxygens (including phenoxy) is 3. The number of carbonyl (C=O) groups excluding carboxylic acids is 1. The fourth-order valence-electron chi connectivity index (χ4n) is 6.26. The van der Waals surface area contributed by atoms with Gasteiger partial charge in [-0.05, 0) is 63.5 Å². The summed E-state index contributed by atoms with van der Waals surface area (Å²) >= 11 is 13.4. The summed E-state index contributed by atoms with van der Waals surface area (Å²) in [5.74, 6) is 0.729. The second-order valence-electron chi connectivity index (χ2n) is 12.3. The number of nitrogens with one attached hydrogen (secondary N) is 1. The average molecular weight is 734 g/mol. The molecule has 51 heavy (non-hydrogen) atoms. The van der Waals surface area contributed by atoms with Crippen molar-refractivity contribution in [1.82, 2.24) is 29.5 Å². The van der Waals surface area contributed by atoms with Crippen LogP contribution >= 0.6 is 23.2 Å². The number of rotatable bonds is 15. The summed E-state index contributed by atoms with van der Waals surface area (Å²) in [5.41, 5.74) is 7.01. The molecule has 0 radical (unpaired) electrons. The number of methoxy groups -OCH3 is 2. The number of fused-ring (bicyclic) bond motifs is 3. The summed E-state index contributed by atoms with van der Waals surface area (Å²) in [6.07, 6.45) is 15.7. The third kappa shape index (κ3) is 8.94. The number of imidazole rings is 1. The van der Waals surface area contributed by atoms with Crippen LogP contribution in [0.1, 0.15) is 44.4 Å². The summed E-state index contributed by atoms with van der Waals surface area (Å²) < 4.78 is 18.8. The first-order chi connectivity index (χ1) is 24.8. The lowest BCUT2D eigenvalue weighted by molar-refractivity contribution is -0.115. The van der Waals surface area contributed by atoms with Crippen LogP contribution in [0.5, 0.6) is 0 Å². The predicted molar refractivity (Wildman–Crippen MR) is 206 cm³/mol. The smallest absolute Gasteiger partial charge is 0.247 e. The zero-order chi connectivity index (χ0) is 36.5. The molecule has 3 aromatic heterocycles. The van der Waals surface area contributed by atoms with Gasteiger partial charge in [-0.3, -0.25) is 19.1 Å². The molecular weight excluding hydrogens is 687 g/mol. The Morgan fingerprint density at radius 1 is 1.10 bits per heavy atom. The van der Waals surface area contributed by atoms with Crippen LogP contribution in [-0.2, 0) is 19.0 Å². The first kappa shape index (κ1) is 37.9. The Kier molecular flexibility index (Phi) is 13.2. The highest BCUT2D eigenvalue weighted by Crippen LogP contribution is 2.36. The molecule has 270 valence electrons. The lowest BCUT2D eigenvalue weighted by Crippen LogP contribution is -2.33. The van der Waals surface area contributed by atoms with Gasteiger partial charge in [-0.1, -0.05) is 36.4 Å². The van der Waals surface area contributed by atoms with Gasteiger partial charge in [0.25, 0.3) is 0 Å². The zero-order valence-electron chi connectivity index (χ0n) is 29.8. The van der Waals surface area contributed by atoms with E-state index < -0.39 is 0 Å². The van der Waals surface area contributed by atoms with E-state index in [-0.39, 0.29) is 12.5 Å². The van der Waals surface area contributed by atoms with Crippen molar-refractivity contribution in [1.29, 1.82) is 0 Å². The number of pyridine rings is 2. The Labute approximate surface area is 310 Å². The minimum absolute atomic E-state index is 0.241. The van der Waals surface area contributed by atoms with Crippen LogP contribution in [0.25, 0.3) is 27.7 Å². The molecule has 5 rings (SSSR count). The van der Waals surface area contributed by atoms with Crippen LogP contribution < -0.4 is 5.32 Å². The highest BCUT2D eigenvalue weighted by molar-refractivity contribution is 6.41. The van der Waals surface area contributed by atoms with Crippen LogP contribution in [0.15, 0.2) is 102 Å². The van der Waals surface area contributed by atoms with Crippen LogP contribution in [-0.4, -0.2) is 89.7 Å². The van der Waals surface area contributed by atoms with E-state index in [1.54, 1.807) is 32.7 Å². The number of halogens is 2. The molecular formula is C39H46Cl2N6O4. The lowest BCUT2D eigenvalue weighted by Gasteiger charge is -2.27. The molecule has 3 aromatic rings. The van der Waals surface area contributed by atoms with Crippen LogP contribution in [0.2, 0.25) is 0 Å². The molecule has 2 aliphatic rings. The maximum absolute atomic E-state index is 12.8. The Bertz CT molecular complexity index is 1940. The summed E-state index contributed by atoms with van der Waals surface area (Å²) in [5, 5.41) is 4.17. The molecule has 0 spiro atoms. The Balaban J connectivity index is 1.61. The van der Waals surface area contributed by atoms with Crippen molar-refractivity contribution in [2.75, 3.05) is 53.6 Å². The molecule has 0 unspecified atom stereocenters. The number of aromatic nitrogens is 3. The Hall–Kier alpha value is -4.35. The standard InChI is InChI=1S/C39H46Cl2N6O4/c1-7-34(46-15-10-14-45(17-18-46)29-11-12-29)33(44-37(48)8-2)21-28(25-49-5)32-22-35-27(24-43-32)20-30(39-42-13-16-47(35)39)31(23-40)38(41)36(51-9-3)19-26(4)50-6/h7-8,13,16,19-24,29H,1-2,9-12,14-15,17-18,25H2,3-6H3,(H,44,48)/b26-19+,28-21+,31-23+,34-33-,38-36-. The monoisotopic (exact) mass is 732 g/mol. The van der Waals surface area contributed by atoms with E-state index in [1.807, 2.05) is 48.7 Å². The third-order valence-corrected chi connectivity index (χ3v) is 9.56. The minimum atomic E-state index is -0.317. The highest BCUT2D eigenvalue weighted by Gasteiger charge is 2.30. The van der Waals surface area contributed by atoms with E-state index in [4.69, 9.17) is 42.4 Å². The van der Waals surface area contributed by atoms with Crippen molar-refractivity contribution >= 4 is 56.8 Å². The Morgan fingerprint density at radius 3 is 2.57 bits per heavy atom. The average Bonchev–Trinajstić information content (AvgIpc) is 3.91. The van der Waals surface area contributed by atoms with E-state index in [0.29, 0.717) is 57.4 Å². The Morgan fingerprint density at radius 2 is 1.90 bits per heavy atom. The third-order valence-electron chi connectivity index (χ3n) is 8.96. The SMILES string of the molecule is C=CC(=O)NC(/C=C(\COC)c1cc2c(cn1)cc(C(=C\Cl)/C(Cl)=C(\C=C(/C)OC)OCC)c1nccn12)=C(/C=C)N1CCCN(C2CC2)CC1. The second kappa shape index (κ2) is 17.7. The van der Waals surface area contributed by atoms with Crippen LogP contribution in [0, 0.1) is 0 Å². The van der Waals surface area contributed by atoms with Gasteiger partial charge in [0.2, 0.25) is 5.91 Å². The molecule has 1 aliphatic heterocycles. The van der Waals surface area contributed by atoms with Crippen LogP contribution in [0.3, 0.4) is 0 Å². The predicted octanol–water partition coefficient (Wildman–Crippen LogP) is 7.40. The maximum Gasteiger partial charge on any atom is 0.247 e. The summed E-state index contributed by atoms with van der Waals surface area (Å²) in [7, 11) is 3.21. The molecule has 1 N–H and O–H groups in total. The summed E-state index contributed by atoms with van der Waals surface area (Å²) in [4.78, 5) is 27.2.